The highest BCUT2D eigenvalue weighted by molar-refractivity contribution is 5.18. The molecule has 0 aromatic carbocycles. The Bertz CT molecular complexity index is 334. The van der Waals surface area contributed by atoms with Crippen molar-refractivity contribution in [2.45, 2.75) is 38.8 Å². The molecule has 4 heteroatoms. The summed E-state index contributed by atoms with van der Waals surface area (Å²) in [6, 6.07) is 0.304. The summed E-state index contributed by atoms with van der Waals surface area (Å²) in [6.45, 7) is 3.81. The van der Waals surface area contributed by atoms with Crippen LogP contribution in [0.1, 0.15) is 24.2 Å². The predicted molar refractivity (Wildman–Crippen MR) is 53.1 cm³/mol. The topological polar surface area (TPSA) is 61.0 Å². The number of nitrogens with two attached hydrogens (primary N) is 1. The Morgan fingerprint density at radius 1 is 1.43 bits per heavy atom. The van der Waals surface area contributed by atoms with Crippen molar-refractivity contribution in [3.8, 4) is 5.88 Å². The first-order chi connectivity index (χ1) is 6.65. The smallest absolute Gasteiger partial charge is 0.235 e. The molecular weight excluding hydrogens is 178 g/mol. The second-order valence-electron chi connectivity index (χ2n) is 3.87. The van der Waals surface area contributed by atoms with Crippen molar-refractivity contribution in [2.24, 2.45) is 5.73 Å². The molecule has 1 aromatic heterocycles. The van der Waals surface area contributed by atoms with Crippen LogP contribution in [0.15, 0.2) is 6.20 Å². The maximum absolute atomic E-state index is 5.68. The molecule has 0 atom stereocenters. The highest BCUT2D eigenvalue weighted by Crippen LogP contribution is 2.24. The fourth-order valence-electron chi connectivity index (χ4n) is 1.49. The van der Waals surface area contributed by atoms with Gasteiger partial charge in [0.25, 0.3) is 0 Å². The standard InChI is InChI=1S/C10H15N3O/c1-6-5-12-7(2)10(13-6)14-9-3-8(11)4-9/h5,8-9H,3-4,11H2,1-2H3. The van der Waals surface area contributed by atoms with E-state index in [4.69, 9.17) is 10.5 Å². The van der Waals surface area contributed by atoms with Crippen LogP contribution in [-0.2, 0) is 0 Å². The molecule has 76 valence electrons. The van der Waals surface area contributed by atoms with E-state index in [1.54, 1.807) is 6.20 Å². The number of aromatic nitrogens is 2. The van der Waals surface area contributed by atoms with Gasteiger partial charge in [-0.1, -0.05) is 0 Å². The number of ether oxygens (including phenoxy) is 1. The highest BCUT2D eigenvalue weighted by atomic mass is 16.5. The third kappa shape index (κ3) is 1.85. The Balaban J connectivity index is 2.05. The minimum absolute atomic E-state index is 0.236. The van der Waals surface area contributed by atoms with Crippen molar-refractivity contribution in [1.29, 1.82) is 0 Å². The van der Waals surface area contributed by atoms with Crippen LogP contribution >= 0.6 is 0 Å². The molecule has 0 amide bonds. The Kier molecular flexibility index (Phi) is 2.37. The third-order valence-corrected chi connectivity index (χ3v) is 2.44. The molecule has 1 fully saturated rings. The zero-order valence-corrected chi connectivity index (χ0v) is 8.53. The molecule has 2 N–H and O–H groups in total. The molecule has 0 saturated heterocycles. The van der Waals surface area contributed by atoms with E-state index in [0.717, 1.165) is 24.2 Å². The van der Waals surface area contributed by atoms with Gasteiger partial charge in [-0.25, -0.2) is 4.98 Å². The molecule has 0 bridgehead atoms. The van der Waals surface area contributed by atoms with E-state index in [2.05, 4.69) is 9.97 Å². The van der Waals surface area contributed by atoms with Gasteiger partial charge in [0.05, 0.1) is 11.4 Å². The first-order valence-electron chi connectivity index (χ1n) is 4.87. The van der Waals surface area contributed by atoms with Gasteiger partial charge in [-0.3, -0.25) is 4.98 Å². The lowest BCUT2D eigenvalue weighted by molar-refractivity contribution is 0.0942. The van der Waals surface area contributed by atoms with Crippen LogP contribution in [0.4, 0.5) is 0 Å². The lowest BCUT2D eigenvalue weighted by Crippen LogP contribution is -2.43. The van der Waals surface area contributed by atoms with Crippen molar-refractivity contribution in [3.63, 3.8) is 0 Å². The monoisotopic (exact) mass is 193 g/mol. The first kappa shape index (κ1) is 9.40. The molecule has 1 aromatic rings. The Morgan fingerprint density at radius 2 is 2.14 bits per heavy atom. The largest absolute Gasteiger partial charge is 0.473 e. The maximum Gasteiger partial charge on any atom is 0.235 e. The molecule has 1 heterocycles. The van der Waals surface area contributed by atoms with Gasteiger partial charge in [-0.2, -0.15) is 0 Å². The van der Waals surface area contributed by atoms with Crippen LogP contribution in [0.5, 0.6) is 5.88 Å². The van der Waals surface area contributed by atoms with Gasteiger partial charge < -0.3 is 10.5 Å². The second-order valence-corrected chi connectivity index (χ2v) is 3.87. The molecule has 0 spiro atoms. The SMILES string of the molecule is Cc1cnc(C)c(OC2CC(N)C2)n1. The zero-order chi connectivity index (χ0) is 10.1. The van der Waals surface area contributed by atoms with Crippen LogP contribution in [0, 0.1) is 13.8 Å². The fraction of sp³-hybridized carbons (Fsp3) is 0.600. The van der Waals surface area contributed by atoms with E-state index in [1.165, 1.54) is 0 Å². The summed E-state index contributed by atoms with van der Waals surface area (Å²) in [5.74, 6) is 0.655. The Labute approximate surface area is 83.5 Å². The van der Waals surface area contributed by atoms with E-state index < -0.39 is 0 Å². The van der Waals surface area contributed by atoms with Crippen LogP contribution in [0.3, 0.4) is 0 Å². The molecule has 0 unspecified atom stereocenters. The van der Waals surface area contributed by atoms with E-state index in [0.29, 0.717) is 11.9 Å². The summed E-state index contributed by atoms with van der Waals surface area (Å²) < 4.78 is 5.68. The lowest BCUT2D eigenvalue weighted by Gasteiger charge is -2.32. The summed E-state index contributed by atoms with van der Waals surface area (Å²) in [6.07, 6.45) is 3.83. The van der Waals surface area contributed by atoms with Gasteiger partial charge in [0.15, 0.2) is 0 Å². The lowest BCUT2D eigenvalue weighted by atomic mass is 9.90. The number of rotatable bonds is 2. The summed E-state index contributed by atoms with van der Waals surface area (Å²) in [5, 5.41) is 0. The van der Waals surface area contributed by atoms with E-state index >= 15 is 0 Å². The zero-order valence-electron chi connectivity index (χ0n) is 8.53. The fourth-order valence-corrected chi connectivity index (χ4v) is 1.49. The summed E-state index contributed by atoms with van der Waals surface area (Å²) >= 11 is 0. The maximum atomic E-state index is 5.68. The molecule has 0 aliphatic heterocycles. The van der Waals surface area contributed by atoms with Crippen molar-refractivity contribution in [2.75, 3.05) is 0 Å². The normalized spacial score (nSPS) is 25.6. The van der Waals surface area contributed by atoms with Gasteiger partial charge in [0, 0.05) is 12.2 Å². The molecule has 2 rings (SSSR count). The molecule has 0 radical (unpaired) electrons. The molecule has 1 aliphatic carbocycles. The van der Waals surface area contributed by atoms with Gasteiger partial charge in [-0.15, -0.1) is 0 Å². The van der Waals surface area contributed by atoms with Gasteiger partial charge in [-0.05, 0) is 26.7 Å². The summed E-state index contributed by atoms with van der Waals surface area (Å²) in [4.78, 5) is 8.48. The molecule has 1 aliphatic rings. The second kappa shape index (κ2) is 3.53. The average Bonchev–Trinajstić information content (AvgIpc) is 2.09. The average molecular weight is 193 g/mol. The molecule has 1 saturated carbocycles. The molecule has 14 heavy (non-hydrogen) atoms. The highest BCUT2D eigenvalue weighted by Gasteiger charge is 2.28. The van der Waals surface area contributed by atoms with Gasteiger partial charge >= 0.3 is 0 Å². The first-order valence-corrected chi connectivity index (χ1v) is 4.87. The summed E-state index contributed by atoms with van der Waals surface area (Å²) in [5.41, 5.74) is 7.40. The van der Waals surface area contributed by atoms with Crippen molar-refractivity contribution < 1.29 is 4.74 Å². The van der Waals surface area contributed by atoms with Crippen LogP contribution < -0.4 is 10.5 Å². The van der Waals surface area contributed by atoms with E-state index in [-0.39, 0.29) is 6.10 Å². The quantitative estimate of drug-likeness (QED) is 0.760. The number of aryl methyl sites for hydroxylation is 2. The number of hydrogen-bond acceptors (Lipinski definition) is 4. The number of hydrogen-bond donors (Lipinski definition) is 1. The predicted octanol–water partition coefficient (Wildman–Crippen LogP) is 0.962. The van der Waals surface area contributed by atoms with Crippen LogP contribution in [-0.4, -0.2) is 22.1 Å². The van der Waals surface area contributed by atoms with Crippen molar-refractivity contribution in [1.82, 2.24) is 9.97 Å². The summed E-state index contributed by atoms with van der Waals surface area (Å²) in [7, 11) is 0. The van der Waals surface area contributed by atoms with Crippen LogP contribution in [0.25, 0.3) is 0 Å². The third-order valence-electron chi connectivity index (χ3n) is 2.44. The Hall–Kier alpha value is -1.16. The number of nitrogens with zero attached hydrogens (tertiary/aromatic N) is 2. The van der Waals surface area contributed by atoms with Gasteiger partial charge in [0.1, 0.15) is 6.10 Å². The van der Waals surface area contributed by atoms with Crippen molar-refractivity contribution >= 4 is 0 Å². The molecule has 4 nitrogen and oxygen atoms in total. The van der Waals surface area contributed by atoms with Crippen molar-refractivity contribution in [3.05, 3.63) is 17.6 Å². The van der Waals surface area contributed by atoms with Gasteiger partial charge in [0.2, 0.25) is 5.88 Å². The Morgan fingerprint density at radius 3 is 2.79 bits per heavy atom. The van der Waals surface area contributed by atoms with E-state index in [9.17, 15) is 0 Å². The van der Waals surface area contributed by atoms with Crippen LogP contribution in [0.2, 0.25) is 0 Å². The minimum Gasteiger partial charge on any atom is -0.473 e. The molecular formula is C10H15N3O. The minimum atomic E-state index is 0.236. The van der Waals surface area contributed by atoms with E-state index in [1.807, 2.05) is 13.8 Å².